The van der Waals surface area contributed by atoms with Gasteiger partial charge in [-0.2, -0.15) is 0 Å². The van der Waals surface area contributed by atoms with Crippen molar-refractivity contribution in [2.45, 2.75) is 39.2 Å². The summed E-state index contributed by atoms with van der Waals surface area (Å²) in [6.45, 7) is 8.45. The van der Waals surface area contributed by atoms with Gasteiger partial charge < -0.3 is 5.73 Å². The summed E-state index contributed by atoms with van der Waals surface area (Å²) in [7, 11) is 0. The number of rotatable bonds is 2. The van der Waals surface area contributed by atoms with Crippen LogP contribution in [-0.4, -0.2) is 0 Å². The topological polar surface area (TPSA) is 26.0 Å². The van der Waals surface area contributed by atoms with Gasteiger partial charge in [-0.3, -0.25) is 0 Å². The molecule has 0 heterocycles. The fraction of sp³-hybridized carbons (Fsp3) is 0.333. The van der Waals surface area contributed by atoms with E-state index in [4.69, 9.17) is 5.73 Å². The largest absolute Gasteiger partial charge is 0.320 e. The molecule has 0 aliphatic carbocycles. The smallest absolute Gasteiger partial charge is 0.128 e. The molecule has 0 aliphatic heterocycles. The van der Waals surface area contributed by atoms with Crippen LogP contribution in [0.25, 0.3) is 0 Å². The van der Waals surface area contributed by atoms with Crippen molar-refractivity contribution < 1.29 is 4.39 Å². The molecule has 0 saturated carbocycles. The average Bonchev–Trinajstić information content (AvgIpc) is 2.40. The highest BCUT2D eigenvalue weighted by atomic mass is 19.1. The summed E-state index contributed by atoms with van der Waals surface area (Å²) in [5, 5.41) is 0. The predicted octanol–water partition coefficient (Wildman–Crippen LogP) is 4.48. The lowest BCUT2D eigenvalue weighted by Gasteiger charge is -2.20. The van der Waals surface area contributed by atoms with E-state index in [9.17, 15) is 4.39 Å². The maximum absolute atomic E-state index is 13.9. The number of hydrogen-bond acceptors (Lipinski definition) is 1. The van der Waals surface area contributed by atoms with Gasteiger partial charge in [0, 0.05) is 5.56 Å². The zero-order valence-corrected chi connectivity index (χ0v) is 12.6. The van der Waals surface area contributed by atoms with E-state index in [1.54, 1.807) is 6.07 Å². The molecule has 0 spiro atoms. The summed E-state index contributed by atoms with van der Waals surface area (Å²) in [5.74, 6) is -0.247. The van der Waals surface area contributed by atoms with Crippen molar-refractivity contribution in [1.82, 2.24) is 0 Å². The van der Waals surface area contributed by atoms with Gasteiger partial charge in [-0.1, -0.05) is 62.7 Å². The molecule has 2 rings (SSSR count). The number of hydrogen-bond donors (Lipinski definition) is 1. The molecule has 2 aromatic carbocycles. The summed E-state index contributed by atoms with van der Waals surface area (Å²) in [5.41, 5.74) is 10.1. The second-order valence-corrected chi connectivity index (χ2v) is 6.37. The second kappa shape index (κ2) is 5.37. The minimum absolute atomic E-state index is 0.108. The van der Waals surface area contributed by atoms with Crippen molar-refractivity contribution in [3.63, 3.8) is 0 Å². The summed E-state index contributed by atoms with van der Waals surface area (Å²) < 4.78 is 13.9. The monoisotopic (exact) mass is 271 g/mol. The Bertz CT molecular complexity index is 594. The van der Waals surface area contributed by atoms with Crippen LogP contribution in [0.3, 0.4) is 0 Å². The van der Waals surface area contributed by atoms with E-state index in [1.807, 2.05) is 25.1 Å². The minimum atomic E-state index is -0.427. The van der Waals surface area contributed by atoms with Crippen LogP contribution in [0.2, 0.25) is 0 Å². The van der Waals surface area contributed by atoms with Gasteiger partial charge in [0.25, 0.3) is 0 Å². The van der Waals surface area contributed by atoms with Crippen molar-refractivity contribution in [1.29, 1.82) is 0 Å². The number of nitrogens with two attached hydrogens (primary N) is 1. The third-order valence-electron chi connectivity index (χ3n) is 3.62. The molecular formula is C18H22FN. The van der Waals surface area contributed by atoms with Crippen LogP contribution in [0.1, 0.15) is 49.1 Å². The first-order valence-electron chi connectivity index (χ1n) is 6.91. The standard InChI is InChI=1S/C18H22FN/c1-12-5-10-16(19)15(11-12)17(20)13-6-8-14(9-7-13)18(2,3)4/h5-11,17H,20H2,1-4H3. The molecule has 2 heteroatoms. The zero-order chi connectivity index (χ0) is 14.9. The summed E-state index contributed by atoms with van der Waals surface area (Å²) >= 11 is 0. The number of aryl methyl sites for hydroxylation is 1. The molecule has 1 nitrogen and oxygen atoms in total. The van der Waals surface area contributed by atoms with Crippen LogP contribution in [0.4, 0.5) is 4.39 Å². The molecule has 0 bridgehead atoms. The lowest BCUT2D eigenvalue weighted by atomic mass is 9.86. The molecule has 1 atom stereocenters. The molecule has 0 aliphatic rings. The summed E-state index contributed by atoms with van der Waals surface area (Å²) in [6.07, 6.45) is 0. The Hall–Kier alpha value is -1.67. The van der Waals surface area contributed by atoms with Gasteiger partial charge in [0.1, 0.15) is 5.82 Å². The molecule has 106 valence electrons. The van der Waals surface area contributed by atoms with Crippen molar-refractivity contribution >= 4 is 0 Å². The van der Waals surface area contributed by atoms with Gasteiger partial charge in [-0.25, -0.2) is 4.39 Å². The van der Waals surface area contributed by atoms with Gasteiger partial charge in [0.05, 0.1) is 6.04 Å². The van der Waals surface area contributed by atoms with Gasteiger partial charge >= 0.3 is 0 Å². The summed E-state index contributed by atoms with van der Waals surface area (Å²) in [6, 6.07) is 12.8. The van der Waals surface area contributed by atoms with E-state index in [1.165, 1.54) is 11.6 Å². The Kier molecular flexibility index (Phi) is 3.96. The van der Waals surface area contributed by atoms with Crippen LogP contribution >= 0.6 is 0 Å². The number of benzene rings is 2. The van der Waals surface area contributed by atoms with E-state index >= 15 is 0 Å². The number of halogens is 1. The summed E-state index contributed by atoms with van der Waals surface area (Å²) in [4.78, 5) is 0. The van der Waals surface area contributed by atoms with Crippen molar-refractivity contribution in [2.75, 3.05) is 0 Å². The molecule has 2 N–H and O–H groups in total. The Balaban J connectivity index is 2.34. The van der Waals surface area contributed by atoms with Crippen molar-refractivity contribution in [2.24, 2.45) is 5.73 Å². The fourth-order valence-electron chi connectivity index (χ4n) is 2.27. The molecule has 0 aromatic heterocycles. The normalized spacial score (nSPS) is 13.3. The minimum Gasteiger partial charge on any atom is -0.320 e. The highest BCUT2D eigenvalue weighted by molar-refractivity contribution is 5.37. The second-order valence-electron chi connectivity index (χ2n) is 6.37. The van der Waals surface area contributed by atoms with Gasteiger partial charge in [0.2, 0.25) is 0 Å². The maximum Gasteiger partial charge on any atom is 0.128 e. The first-order chi connectivity index (χ1) is 9.29. The van der Waals surface area contributed by atoms with Gasteiger partial charge in [-0.05, 0) is 29.5 Å². The lowest BCUT2D eigenvalue weighted by molar-refractivity contribution is 0.588. The van der Waals surface area contributed by atoms with E-state index in [-0.39, 0.29) is 11.2 Å². The van der Waals surface area contributed by atoms with Crippen molar-refractivity contribution in [3.05, 3.63) is 70.5 Å². The van der Waals surface area contributed by atoms with E-state index < -0.39 is 6.04 Å². The van der Waals surface area contributed by atoms with E-state index in [0.29, 0.717) is 5.56 Å². The predicted molar refractivity (Wildman–Crippen MR) is 82.3 cm³/mol. The highest BCUT2D eigenvalue weighted by Gasteiger charge is 2.16. The van der Waals surface area contributed by atoms with Crippen LogP contribution in [0.15, 0.2) is 42.5 Å². The van der Waals surface area contributed by atoms with E-state index in [2.05, 4.69) is 32.9 Å². The van der Waals surface area contributed by atoms with Gasteiger partial charge in [0.15, 0.2) is 0 Å². The molecule has 20 heavy (non-hydrogen) atoms. The molecule has 0 saturated heterocycles. The fourth-order valence-corrected chi connectivity index (χ4v) is 2.27. The van der Waals surface area contributed by atoms with Crippen molar-refractivity contribution in [3.8, 4) is 0 Å². The van der Waals surface area contributed by atoms with Gasteiger partial charge in [-0.15, -0.1) is 0 Å². The Morgan fingerprint density at radius 1 is 1.00 bits per heavy atom. The quantitative estimate of drug-likeness (QED) is 0.856. The molecule has 0 amide bonds. The lowest BCUT2D eigenvalue weighted by Crippen LogP contribution is -2.15. The third kappa shape index (κ3) is 3.07. The molecule has 1 unspecified atom stereocenters. The van der Waals surface area contributed by atoms with Crippen LogP contribution in [0.5, 0.6) is 0 Å². The van der Waals surface area contributed by atoms with Crippen LogP contribution in [0, 0.1) is 12.7 Å². The third-order valence-corrected chi connectivity index (χ3v) is 3.62. The molecule has 0 fully saturated rings. The SMILES string of the molecule is Cc1ccc(F)c(C(N)c2ccc(C(C)(C)C)cc2)c1. The van der Waals surface area contributed by atoms with E-state index in [0.717, 1.165) is 11.1 Å². The average molecular weight is 271 g/mol. The highest BCUT2D eigenvalue weighted by Crippen LogP contribution is 2.27. The first kappa shape index (κ1) is 14.7. The van der Waals surface area contributed by atoms with Crippen LogP contribution in [-0.2, 0) is 5.41 Å². The molecular weight excluding hydrogens is 249 g/mol. The first-order valence-corrected chi connectivity index (χ1v) is 6.91. The molecule has 0 radical (unpaired) electrons. The van der Waals surface area contributed by atoms with Crippen LogP contribution < -0.4 is 5.73 Å². The molecule has 2 aromatic rings. The zero-order valence-electron chi connectivity index (χ0n) is 12.6. The Morgan fingerprint density at radius 2 is 1.60 bits per heavy atom. The maximum atomic E-state index is 13.9. The Morgan fingerprint density at radius 3 is 2.15 bits per heavy atom. The Labute approximate surface area is 120 Å².